The molecule has 2 rings (SSSR count). The van der Waals surface area contributed by atoms with Crippen molar-refractivity contribution in [3.05, 3.63) is 29.3 Å². The molecule has 0 aromatic heterocycles. The molecule has 1 atom stereocenters. The van der Waals surface area contributed by atoms with Gasteiger partial charge >= 0.3 is 0 Å². The highest BCUT2D eigenvalue weighted by Gasteiger charge is 2.25. The van der Waals surface area contributed by atoms with Crippen LogP contribution < -0.4 is 4.90 Å². The lowest BCUT2D eigenvalue weighted by Crippen LogP contribution is -2.34. The van der Waals surface area contributed by atoms with E-state index in [1.807, 2.05) is 19.2 Å². The molecule has 1 unspecified atom stereocenters. The van der Waals surface area contributed by atoms with Crippen LogP contribution in [0.15, 0.2) is 24.3 Å². The molecule has 17 heavy (non-hydrogen) atoms. The average Bonchev–Trinajstić information content (AvgIpc) is 2.80. The predicted octanol–water partition coefficient (Wildman–Crippen LogP) is 2.37. The van der Waals surface area contributed by atoms with E-state index in [4.69, 9.17) is 16.9 Å². The summed E-state index contributed by atoms with van der Waals surface area (Å²) >= 11 is 5.88. The van der Waals surface area contributed by atoms with E-state index >= 15 is 0 Å². The normalized spacial score (nSPS) is 19.6. The zero-order valence-corrected chi connectivity index (χ0v) is 10.7. The Kier molecular flexibility index (Phi) is 3.88. The van der Waals surface area contributed by atoms with Crippen molar-refractivity contribution in [1.82, 2.24) is 4.90 Å². The smallest absolute Gasteiger partial charge is 0.0866 e. The molecule has 1 saturated heterocycles. The first kappa shape index (κ1) is 12.2. The summed E-state index contributed by atoms with van der Waals surface area (Å²) in [5, 5.41) is 9.46. The van der Waals surface area contributed by atoms with Gasteiger partial charge in [0.1, 0.15) is 0 Å². The SMILES string of the molecule is CN(CC#N)C1CCN(c2ccc(Cl)cc2)C1. The second-order valence-corrected chi connectivity index (χ2v) is 4.87. The molecule has 0 bridgehead atoms. The van der Waals surface area contributed by atoms with E-state index in [1.54, 1.807) is 0 Å². The topological polar surface area (TPSA) is 30.3 Å². The maximum absolute atomic E-state index is 8.69. The van der Waals surface area contributed by atoms with E-state index in [0.29, 0.717) is 12.6 Å². The summed E-state index contributed by atoms with van der Waals surface area (Å²) in [5.74, 6) is 0. The summed E-state index contributed by atoms with van der Waals surface area (Å²) in [6.45, 7) is 2.53. The first-order chi connectivity index (χ1) is 8.20. The third kappa shape index (κ3) is 2.91. The summed E-state index contributed by atoms with van der Waals surface area (Å²) in [7, 11) is 2.01. The van der Waals surface area contributed by atoms with Crippen molar-refractivity contribution >= 4 is 17.3 Å². The Morgan fingerprint density at radius 2 is 2.18 bits per heavy atom. The molecule has 1 aliphatic rings. The van der Waals surface area contributed by atoms with Crippen LogP contribution in [0.25, 0.3) is 0 Å². The summed E-state index contributed by atoms with van der Waals surface area (Å²) in [6.07, 6.45) is 1.11. The highest BCUT2D eigenvalue weighted by Crippen LogP contribution is 2.23. The first-order valence-corrected chi connectivity index (χ1v) is 6.16. The zero-order valence-electron chi connectivity index (χ0n) is 9.93. The van der Waals surface area contributed by atoms with Crippen LogP contribution in [-0.2, 0) is 0 Å². The van der Waals surface area contributed by atoms with Gasteiger partial charge in [-0.3, -0.25) is 4.90 Å². The standard InChI is InChI=1S/C13H16ClN3/c1-16(9-7-15)13-6-8-17(10-13)12-4-2-11(14)3-5-12/h2-5,13H,6,8-10H2,1H3. The number of hydrogen-bond acceptors (Lipinski definition) is 3. The lowest BCUT2D eigenvalue weighted by atomic mass is 10.2. The van der Waals surface area contributed by atoms with Gasteiger partial charge in [0.15, 0.2) is 0 Å². The van der Waals surface area contributed by atoms with Crippen molar-refractivity contribution in [3.8, 4) is 6.07 Å². The van der Waals surface area contributed by atoms with Gasteiger partial charge in [-0.05, 0) is 37.7 Å². The largest absolute Gasteiger partial charge is 0.370 e. The molecule has 1 fully saturated rings. The van der Waals surface area contributed by atoms with Gasteiger partial charge in [-0.25, -0.2) is 0 Å². The molecule has 1 aliphatic heterocycles. The van der Waals surface area contributed by atoms with E-state index in [0.717, 1.165) is 24.5 Å². The van der Waals surface area contributed by atoms with E-state index < -0.39 is 0 Å². The van der Waals surface area contributed by atoms with Crippen molar-refractivity contribution in [3.63, 3.8) is 0 Å². The average molecular weight is 250 g/mol. The Morgan fingerprint density at radius 3 is 2.82 bits per heavy atom. The van der Waals surface area contributed by atoms with Crippen molar-refractivity contribution in [2.45, 2.75) is 12.5 Å². The monoisotopic (exact) mass is 249 g/mol. The second kappa shape index (κ2) is 5.39. The van der Waals surface area contributed by atoms with Gasteiger partial charge in [0.25, 0.3) is 0 Å². The number of nitrogens with zero attached hydrogens (tertiary/aromatic N) is 3. The molecule has 1 aromatic carbocycles. The van der Waals surface area contributed by atoms with E-state index in [9.17, 15) is 0 Å². The number of benzene rings is 1. The van der Waals surface area contributed by atoms with Gasteiger partial charge in [0.2, 0.25) is 0 Å². The lowest BCUT2D eigenvalue weighted by molar-refractivity contribution is 0.289. The molecule has 0 radical (unpaired) electrons. The molecule has 3 nitrogen and oxygen atoms in total. The highest BCUT2D eigenvalue weighted by molar-refractivity contribution is 6.30. The zero-order chi connectivity index (χ0) is 12.3. The molecule has 0 saturated carbocycles. The number of rotatable bonds is 3. The fourth-order valence-corrected chi connectivity index (χ4v) is 2.35. The Hall–Kier alpha value is -1.24. The van der Waals surface area contributed by atoms with Crippen LogP contribution in [-0.4, -0.2) is 37.6 Å². The summed E-state index contributed by atoms with van der Waals surface area (Å²) in [5.41, 5.74) is 1.21. The van der Waals surface area contributed by atoms with E-state index in [2.05, 4.69) is 28.0 Å². The molecule has 1 aromatic rings. The van der Waals surface area contributed by atoms with Crippen LogP contribution in [0.3, 0.4) is 0 Å². The minimum absolute atomic E-state index is 0.477. The van der Waals surface area contributed by atoms with Crippen LogP contribution in [0.5, 0.6) is 0 Å². The number of likely N-dealkylation sites (N-methyl/N-ethyl adjacent to an activating group) is 1. The van der Waals surface area contributed by atoms with Gasteiger partial charge in [-0.2, -0.15) is 5.26 Å². The Balaban J connectivity index is 1.98. The van der Waals surface area contributed by atoms with Crippen LogP contribution in [0.2, 0.25) is 5.02 Å². The third-order valence-electron chi connectivity index (χ3n) is 3.30. The molecular formula is C13H16ClN3. The van der Waals surface area contributed by atoms with Crippen molar-refractivity contribution in [2.24, 2.45) is 0 Å². The van der Waals surface area contributed by atoms with Crippen LogP contribution in [0.4, 0.5) is 5.69 Å². The fourth-order valence-electron chi connectivity index (χ4n) is 2.23. The van der Waals surface area contributed by atoms with E-state index in [-0.39, 0.29) is 0 Å². The maximum Gasteiger partial charge on any atom is 0.0866 e. The Bertz CT molecular complexity index is 410. The van der Waals surface area contributed by atoms with Gasteiger partial charge in [-0.15, -0.1) is 0 Å². The lowest BCUT2D eigenvalue weighted by Gasteiger charge is -2.23. The molecule has 90 valence electrons. The quantitative estimate of drug-likeness (QED) is 0.771. The van der Waals surface area contributed by atoms with Gasteiger partial charge in [-0.1, -0.05) is 11.6 Å². The third-order valence-corrected chi connectivity index (χ3v) is 3.55. The number of halogens is 1. The molecular weight excluding hydrogens is 234 g/mol. The summed E-state index contributed by atoms with van der Waals surface area (Å²) < 4.78 is 0. The van der Waals surface area contributed by atoms with Gasteiger partial charge in [0, 0.05) is 29.8 Å². The number of hydrogen-bond donors (Lipinski definition) is 0. The molecule has 0 spiro atoms. The van der Waals surface area contributed by atoms with Crippen molar-refractivity contribution in [1.29, 1.82) is 5.26 Å². The minimum Gasteiger partial charge on any atom is -0.370 e. The summed E-state index contributed by atoms with van der Waals surface area (Å²) in [6, 6.07) is 10.6. The van der Waals surface area contributed by atoms with Crippen molar-refractivity contribution in [2.75, 3.05) is 31.6 Å². The van der Waals surface area contributed by atoms with Crippen LogP contribution in [0.1, 0.15) is 6.42 Å². The molecule has 0 amide bonds. The second-order valence-electron chi connectivity index (χ2n) is 4.44. The Morgan fingerprint density at radius 1 is 1.47 bits per heavy atom. The van der Waals surface area contributed by atoms with Gasteiger partial charge < -0.3 is 4.90 Å². The molecule has 0 N–H and O–H groups in total. The first-order valence-electron chi connectivity index (χ1n) is 5.78. The number of nitriles is 1. The van der Waals surface area contributed by atoms with Gasteiger partial charge in [0.05, 0.1) is 12.6 Å². The maximum atomic E-state index is 8.69. The fraction of sp³-hybridized carbons (Fsp3) is 0.462. The summed E-state index contributed by atoms with van der Waals surface area (Å²) in [4.78, 5) is 4.46. The van der Waals surface area contributed by atoms with Crippen molar-refractivity contribution < 1.29 is 0 Å². The van der Waals surface area contributed by atoms with Crippen LogP contribution in [0, 0.1) is 11.3 Å². The minimum atomic E-state index is 0.477. The number of anilines is 1. The Labute approximate surface area is 107 Å². The molecule has 1 heterocycles. The predicted molar refractivity (Wildman–Crippen MR) is 70.3 cm³/mol. The highest BCUT2D eigenvalue weighted by atomic mass is 35.5. The molecule has 0 aliphatic carbocycles. The van der Waals surface area contributed by atoms with E-state index in [1.165, 1.54) is 5.69 Å². The van der Waals surface area contributed by atoms with Crippen LogP contribution >= 0.6 is 11.6 Å². The molecule has 4 heteroatoms.